The van der Waals surface area contributed by atoms with Crippen molar-refractivity contribution in [3.05, 3.63) is 29.3 Å². The quantitative estimate of drug-likeness (QED) is 0.155. The van der Waals surface area contributed by atoms with Crippen molar-refractivity contribution >= 4 is 17.8 Å². The fourth-order valence-electron chi connectivity index (χ4n) is 4.17. The van der Waals surface area contributed by atoms with E-state index in [0.717, 1.165) is 49.9 Å². The van der Waals surface area contributed by atoms with Gasteiger partial charge in [0.25, 0.3) is 0 Å². The van der Waals surface area contributed by atoms with Crippen molar-refractivity contribution in [3.63, 3.8) is 0 Å². The van der Waals surface area contributed by atoms with E-state index in [1.54, 1.807) is 7.11 Å². The van der Waals surface area contributed by atoms with Crippen LogP contribution in [0.1, 0.15) is 77.8 Å². The number of ether oxygens (including phenoxy) is 1. The number of nitrogens with one attached hydrogen (secondary N) is 3. The van der Waals surface area contributed by atoms with Gasteiger partial charge in [-0.05, 0) is 49.1 Å². The molecule has 0 heterocycles. The van der Waals surface area contributed by atoms with Crippen LogP contribution in [0.2, 0.25) is 0 Å². The topological polar surface area (TPSA) is 120 Å². The monoisotopic (exact) mass is 490 g/mol. The molecule has 0 aliphatic rings. The molecule has 0 spiro atoms. The average Bonchev–Trinajstić information content (AvgIpc) is 2.83. The summed E-state index contributed by atoms with van der Waals surface area (Å²) in [4.78, 5) is 12.6. The molecule has 1 rings (SSSR count). The highest BCUT2D eigenvalue weighted by Crippen LogP contribution is 2.26. The third-order valence-electron chi connectivity index (χ3n) is 6.87. The van der Waals surface area contributed by atoms with E-state index in [4.69, 9.17) is 15.9 Å². The summed E-state index contributed by atoms with van der Waals surface area (Å²) in [6, 6.07) is 5.73. The van der Waals surface area contributed by atoms with Gasteiger partial charge in [-0.1, -0.05) is 59.6 Å². The lowest BCUT2D eigenvalue weighted by Gasteiger charge is -2.29. The minimum atomic E-state index is -0.791. The number of benzene rings is 1. The lowest BCUT2D eigenvalue weighted by Crippen LogP contribution is -2.47. The van der Waals surface area contributed by atoms with Crippen LogP contribution in [0, 0.1) is 22.7 Å². The summed E-state index contributed by atoms with van der Waals surface area (Å²) in [6.07, 6.45) is 5.85. The summed E-state index contributed by atoms with van der Waals surface area (Å²) < 4.78 is 5.12. The molecule has 0 bridgehead atoms. The normalized spacial score (nSPS) is 14.4. The highest BCUT2D eigenvalue weighted by molar-refractivity contribution is 5.86. The van der Waals surface area contributed by atoms with Crippen molar-refractivity contribution in [2.24, 2.45) is 23.0 Å². The molecule has 0 saturated heterocycles. The first-order valence-electron chi connectivity index (χ1n) is 13.1. The Kier molecular flexibility index (Phi) is 14.1. The maximum Gasteiger partial charge on any atom is 0.225 e. The maximum absolute atomic E-state index is 12.6. The average molecular weight is 491 g/mol. The number of unbranched alkanes of at least 4 members (excludes halogenated alkanes) is 1. The Hall–Kier alpha value is -1.96. The molecule has 1 aromatic carbocycles. The van der Waals surface area contributed by atoms with E-state index >= 15 is 0 Å². The standard InChI is InChI=1S/C28H50N4O3/c1-7-8-12-28(4,5)27(34)32-19-26(33)24(30)17-23(20(2)3)15-21-10-11-22(18-29)25(16-21)31-13-9-14-35-6/h10-11,16,18,20,23-24,26,29,31,33H,7-9,12-15,17,19,30H2,1-6H3,(H,32,34)/t23-,24-,26+/m0/s1. The number of anilines is 1. The molecule has 200 valence electrons. The molecule has 1 amide bonds. The van der Waals surface area contributed by atoms with E-state index in [-0.39, 0.29) is 18.4 Å². The largest absolute Gasteiger partial charge is 0.390 e. The summed E-state index contributed by atoms with van der Waals surface area (Å²) >= 11 is 0. The second-order valence-electron chi connectivity index (χ2n) is 10.7. The zero-order valence-corrected chi connectivity index (χ0v) is 22.8. The Labute approximate surface area is 213 Å². The molecule has 0 fully saturated rings. The molecular weight excluding hydrogens is 440 g/mol. The lowest BCUT2D eigenvalue weighted by atomic mass is 9.83. The highest BCUT2D eigenvalue weighted by Gasteiger charge is 2.28. The molecule has 6 N–H and O–H groups in total. The Morgan fingerprint density at radius 2 is 2.00 bits per heavy atom. The molecule has 0 aliphatic heterocycles. The molecule has 0 aromatic heterocycles. The summed E-state index contributed by atoms with van der Waals surface area (Å²) in [7, 11) is 1.69. The molecule has 0 aliphatic carbocycles. The van der Waals surface area contributed by atoms with Crippen molar-refractivity contribution in [1.82, 2.24) is 5.32 Å². The number of aliphatic hydroxyl groups is 1. The molecular formula is C28H50N4O3. The number of nitrogens with two attached hydrogens (primary N) is 1. The van der Waals surface area contributed by atoms with Gasteiger partial charge in [-0.2, -0.15) is 0 Å². The van der Waals surface area contributed by atoms with E-state index < -0.39 is 17.6 Å². The van der Waals surface area contributed by atoms with Crippen LogP contribution >= 0.6 is 0 Å². The maximum atomic E-state index is 12.6. The molecule has 35 heavy (non-hydrogen) atoms. The predicted octanol–water partition coefficient (Wildman–Crippen LogP) is 4.36. The van der Waals surface area contributed by atoms with Gasteiger partial charge in [0.15, 0.2) is 0 Å². The van der Waals surface area contributed by atoms with E-state index in [0.29, 0.717) is 18.9 Å². The van der Waals surface area contributed by atoms with E-state index in [9.17, 15) is 9.90 Å². The smallest absolute Gasteiger partial charge is 0.225 e. The van der Waals surface area contributed by atoms with Crippen LogP contribution in [0.4, 0.5) is 5.69 Å². The van der Waals surface area contributed by atoms with Gasteiger partial charge in [-0.3, -0.25) is 4.79 Å². The molecule has 1 aromatic rings. The van der Waals surface area contributed by atoms with Crippen molar-refractivity contribution in [1.29, 1.82) is 5.41 Å². The summed E-state index contributed by atoms with van der Waals surface area (Å²) in [6.45, 7) is 12.0. The van der Waals surface area contributed by atoms with Crippen LogP contribution in [0.3, 0.4) is 0 Å². The van der Waals surface area contributed by atoms with Crippen molar-refractivity contribution in [3.8, 4) is 0 Å². The van der Waals surface area contributed by atoms with Crippen LogP contribution in [0.25, 0.3) is 0 Å². The number of aliphatic hydroxyl groups excluding tert-OH is 1. The Morgan fingerprint density at radius 1 is 1.29 bits per heavy atom. The third kappa shape index (κ3) is 11.1. The van der Waals surface area contributed by atoms with Crippen LogP contribution in [0.15, 0.2) is 18.2 Å². The predicted molar refractivity (Wildman–Crippen MR) is 146 cm³/mol. The van der Waals surface area contributed by atoms with E-state index in [1.807, 2.05) is 19.9 Å². The second-order valence-corrected chi connectivity index (χ2v) is 10.7. The summed E-state index contributed by atoms with van der Waals surface area (Å²) in [5.41, 5.74) is 8.94. The van der Waals surface area contributed by atoms with Crippen LogP contribution in [0.5, 0.6) is 0 Å². The summed E-state index contributed by atoms with van der Waals surface area (Å²) in [5.74, 6) is 0.634. The van der Waals surface area contributed by atoms with E-state index in [2.05, 4.69) is 43.5 Å². The SMILES string of the molecule is CCCCC(C)(C)C(=O)NC[C@@H](O)[C@@H](N)C[C@H](Cc1ccc(C=N)c(NCCCOC)c1)C(C)C. The zero-order valence-electron chi connectivity index (χ0n) is 22.8. The highest BCUT2D eigenvalue weighted by atomic mass is 16.5. The minimum absolute atomic E-state index is 0.0329. The van der Waals surface area contributed by atoms with Gasteiger partial charge in [-0.25, -0.2) is 0 Å². The van der Waals surface area contributed by atoms with Crippen LogP contribution in [-0.2, 0) is 16.0 Å². The Balaban J connectivity index is 2.74. The van der Waals surface area contributed by atoms with E-state index in [1.165, 1.54) is 11.8 Å². The molecule has 3 atom stereocenters. The van der Waals surface area contributed by atoms with Gasteiger partial charge < -0.3 is 31.6 Å². The number of amides is 1. The van der Waals surface area contributed by atoms with Crippen molar-refractivity contribution < 1.29 is 14.6 Å². The lowest BCUT2D eigenvalue weighted by molar-refractivity contribution is -0.130. The van der Waals surface area contributed by atoms with Crippen LogP contribution < -0.4 is 16.4 Å². The van der Waals surface area contributed by atoms with Gasteiger partial charge in [0.1, 0.15) is 0 Å². The second kappa shape index (κ2) is 15.9. The fourth-order valence-corrected chi connectivity index (χ4v) is 4.17. The van der Waals surface area contributed by atoms with Gasteiger partial charge in [0.05, 0.1) is 6.10 Å². The molecule has 0 radical (unpaired) electrons. The van der Waals surface area contributed by atoms with Crippen molar-refractivity contribution in [2.75, 3.05) is 32.1 Å². The first kappa shape index (κ1) is 31.1. The Bertz CT molecular complexity index is 767. The number of rotatable bonds is 18. The first-order valence-corrected chi connectivity index (χ1v) is 13.1. The number of hydrogen-bond donors (Lipinski definition) is 5. The van der Waals surface area contributed by atoms with Gasteiger partial charge in [-0.15, -0.1) is 0 Å². The number of hydrogen-bond acceptors (Lipinski definition) is 6. The zero-order chi connectivity index (χ0) is 26.4. The molecule has 7 heteroatoms. The van der Waals surface area contributed by atoms with Gasteiger partial charge in [0.2, 0.25) is 5.91 Å². The first-order chi connectivity index (χ1) is 16.5. The fraction of sp³-hybridized carbons (Fsp3) is 0.714. The van der Waals surface area contributed by atoms with Gasteiger partial charge >= 0.3 is 0 Å². The molecule has 0 saturated carbocycles. The summed E-state index contributed by atoms with van der Waals surface area (Å²) in [5, 5.41) is 24.7. The van der Waals surface area contributed by atoms with Gasteiger partial charge in [0, 0.05) is 55.7 Å². The molecule has 7 nitrogen and oxygen atoms in total. The van der Waals surface area contributed by atoms with Crippen molar-refractivity contribution in [2.45, 2.75) is 85.3 Å². The number of carbonyl (C=O) groups excluding carboxylic acids is 1. The number of methoxy groups -OCH3 is 1. The Morgan fingerprint density at radius 3 is 2.60 bits per heavy atom. The number of carbonyl (C=O) groups is 1. The molecule has 0 unspecified atom stereocenters. The van der Waals surface area contributed by atoms with Crippen LogP contribution in [-0.4, -0.2) is 56.2 Å². The minimum Gasteiger partial charge on any atom is -0.390 e. The third-order valence-corrected chi connectivity index (χ3v) is 6.87.